The molecule has 31 heavy (non-hydrogen) atoms. The van der Waals surface area contributed by atoms with Gasteiger partial charge in [0, 0.05) is 49.3 Å². The maximum absolute atomic E-state index is 13.8. The van der Waals surface area contributed by atoms with E-state index in [-0.39, 0.29) is 24.4 Å². The smallest absolute Gasteiger partial charge is 0.251 e. The van der Waals surface area contributed by atoms with Gasteiger partial charge in [-0.25, -0.2) is 13.8 Å². The lowest BCUT2D eigenvalue weighted by Gasteiger charge is -2.72. The van der Waals surface area contributed by atoms with E-state index < -0.39 is 11.3 Å². The highest BCUT2D eigenvalue weighted by Gasteiger charge is 2.76. The third-order valence-corrected chi connectivity index (χ3v) is 7.16. The van der Waals surface area contributed by atoms with Gasteiger partial charge < -0.3 is 9.72 Å². The molecule has 5 nitrogen and oxygen atoms in total. The van der Waals surface area contributed by atoms with Crippen LogP contribution in [0.15, 0.2) is 33.1 Å². The fourth-order valence-corrected chi connectivity index (χ4v) is 5.23. The molecule has 2 bridgehead atoms. The average Bonchev–Trinajstić information content (AvgIpc) is 2.66. The first-order valence-corrected chi connectivity index (χ1v) is 11.5. The normalized spacial score (nSPS) is 33.0. The Hall–Kier alpha value is -1.89. The van der Waals surface area contributed by atoms with E-state index in [9.17, 15) is 13.6 Å². The van der Waals surface area contributed by atoms with Crippen molar-refractivity contribution in [1.29, 1.82) is 0 Å². The van der Waals surface area contributed by atoms with E-state index in [2.05, 4.69) is 9.98 Å². The number of halogens is 2. The van der Waals surface area contributed by atoms with Gasteiger partial charge in [-0.05, 0) is 64.5 Å². The molecule has 1 aromatic rings. The first kappa shape index (κ1) is 23.8. The van der Waals surface area contributed by atoms with E-state index in [0.29, 0.717) is 32.4 Å². The third-order valence-electron chi connectivity index (χ3n) is 7.16. The second-order valence-electron chi connectivity index (χ2n) is 9.08. The topological polar surface area (TPSA) is 66.8 Å². The molecule has 1 aliphatic heterocycles. The number of nitrogens with zero attached hydrogens (tertiary/aromatic N) is 2. The maximum Gasteiger partial charge on any atom is 0.251 e. The molecule has 7 heteroatoms. The molecule has 0 amide bonds. The van der Waals surface area contributed by atoms with Gasteiger partial charge in [0.15, 0.2) is 0 Å². The van der Waals surface area contributed by atoms with Crippen molar-refractivity contribution < 1.29 is 14.9 Å². The summed E-state index contributed by atoms with van der Waals surface area (Å²) in [6.07, 6.45) is 4.77. The van der Waals surface area contributed by atoms with Gasteiger partial charge >= 0.3 is 0 Å². The summed E-state index contributed by atoms with van der Waals surface area (Å²) in [7, 11) is 0. The van der Waals surface area contributed by atoms with Gasteiger partial charge in [-0.3, -0.25) is 9.79 Å². The summed E-state index contributed by atoms with van der Waals surface area (Å²) in [5, 5.41) is 0. The highest BCUT2D eigenvalue weighted by molar-refractivity contribution is 6.02. The molecule has 1 N–H and O–H groups in total. The van der Waals surface area contributed by atoms with E-state index in [4.69, 9.17) is 9.73 Å². The Kier molecular flexibility index (Phi) is 6.84. The molecule has 2 atom stereocenters. The van der Waals surface area contributed by atoms with Gasteiger partial charge in [0.1, 0.15) is 5.84 Å². The van der Waals surface area contributed by atoms with Gasteiger partial charge in [0.25, 0.3) is 5.92 Å². The predicted molar refractivity (Wildman–Crippen MR) is 122 cm³/mol. The quantitative estimate of drug-likeness (QED) is 0.466. The first-order chi connectivity index (χ1) is 14.7. The van der Waals surface area contributed by atoms with Crippen LogP contribution in [0.25, 0.3) is 0 Å². The highest BCUT2D eigenvalue weighted by Crippen LogP contribution is 2.78. The van der Waals surface area contributed by atoms with Crippen LogP contribution in [-0.4, -0.2) is 35.6 Å². The Morgan fingerprint density at radius 2 is 2.00 bits per heavy atom. The number of aromatic amines is 1. The molecule has 1 aromatic heterocycles. The van der Waals surface area contributed by atoms with Crippen LogP contribution in [0.1, 0.15) is 79.8 Å². The second kappa shape index (κ2) is 8.93. The lowest BCUT2D eigenvalue weighted by atomic mass is 9.32. The summed E-state index contributed by atoms with van der Waals surface area (Å²) in [6.45, 7) is 10.2. The van der Waals surface area contributed by atoms with Crippen LogP contribution in [0.4, 0.5) is 8.78 Å². The predicted octanol–water partition coefficient (Wildman–Crippen LogP) is 5.82. The van der Waals surface area contributed by atoms with E-state index >= 15 is 0 Å². The summed E-state index contributed by atoms with van der Waals surface area (Å²) in [5.74, 6) is -1.64. The van der Waals surface area contributed by atoms with Gasteiger partial charge in [0.2, 0.25) is 5.56 Å². The van der Waals surface area contributed by atoms with Crippen molar-refractivity contribution in [2.24, 2.45) is 26.7 Å². The van der Waals surface area contributed by atoms with Gasteiger partial charge in [-0.15, -0.1) is 0 Å². The summed E-state index contributed by atoms with van der Waals surface area (Å²) < 4.78 is 33.6. The number of ether oxygens (including phenoxy) is 1. The fourth-order valence-electron chi connectivity index (χ4n) is 5.23. The number of rotatable bonds is 5. The summed E-state index contributed by atoms with van der Waals surface area (Å²) in [6, 6.07) is 3.30. The molecule has 0 spiro atoms. The van der Waals surface area contributed by atoms with Crippen LogP contribution in [0.3, 0.4) is 0 Å². The van der Waals surface area contributed by atoms with E-state index in [1.165, 1.54) is 6.07 Å². The van der Waals surface area contributed by atoms with Crippen LogP contribution in [0.2, 0.25) is 0 Å². The molecule has 1 saturated heterocycles. The number of nitrogens with one attached hydrogen (secondary N) is 1. The minimum Gasteiger partial charge on any atom is -0.373 e. The van der Waals surface area contributed by atoms with Crippen molar-refractivity contribution in [3.05, 3.63) is 34.2 Å². The molecule has 3 aliphatic carbocycles. The molecular formula is C24H37F2N3O2. The highest BCUT2D eigenvalue weighted by atomic mass is 19.3. The van der Waals surface area contributed by atoms with E-state index in [1.54, 1.807) is 12.3 Å². The van der Waals surface area contributed by atoms with Gasteiger partial charge in [0.05, 0.1) is 6.10 Å². The maximum atomic E-state index is 13.8. The zero-order chi connectivity index (χ0) is 22.9. The summed E-state index contributed by atoms with van der Waals surface area (Å²) in [5.41, 5.74) is 0.793. The minimum absolute atomic E-state index is 0. The lowest BCUT2D eigenvalue weighted by Crippen LogP contribution is -2.70. The van der Waals surface area contributed by atoms with Crippen LogP contribution < -0.4 is 5.56 Å². The molecular weight excluding hydrogens is 400 g/mol. The Labute approximate surface area is 184 Å². The first-order valence-electron chi connectivity index (χ1n) is 11.5. The van der Waals surface area contributed by atoms with Crippen LogP contribution in [-0.2, 0) is 4.74 Å². The average molecular weight is 438 g/mol. The molecule has 2 heterocycles. The number of hydrogen-bond donors (Lipinski definition) is 1. The zero-order valence-electron chi connectivity index (χ0n) is 19.3. The van der Waals surface area contributed by atoms with Crippen LogP contribution in [0, 0.1) is 16.7 Å². The lowest BCUT2D eigenvalue weighted by molar-refractivity contribution is -0.280. The fraction of sp³-hybridized carbons (Fsp3) is 0.708. The number of pyridine rings is 1. The molecule has 4 fully saturated rings. The van der Waals surface area contributed by atoms with Crippen molar-refractivity contribution in [3.8, 4) is 0 Å². The summed E-state index contributed by atoms with van der Waals surface area (Å²) >= 11 is 0. The minimum atomic E-state index is -2.61. The number of H-pyrrole nitrogens is 1. The van der Waals surface area contributed by atoms with E-state index in [0.717, 1.165) is 36.9 Å². The third kappa shape index (κ3) is 4.38. The Morgan fingerprint density at radius 1 is 1.32 bits per heavy atom. The van der Waals surface area contributed by atoms with E-state index in [1.807, 2.05) is 27.7 Å². The second-order valence-corrected chi connectivity index (χ2v) is 9.08. The van der Waals surface area contributed by atoms with Crippen LogP contribution >= 0.6 is 0 Å². The monoisotopic (exact) mass is 437 g/mol. The molecule has 0 unspecified atom stereocenters. The van der Waals surface area contributed by atoms with Gasteiger partial charge in [-0.1, -0.05) is 13.8 Å². The molecule has 0 aromatic carbocycles. The largest absolute Gasteiger partial charge is 0.373 e. The van der Waals surface area contributed by atoms with Crippen molar-refractivity contribution in [3.63, 3.8) is 0 Å². The number of hydrogen-bond acceptors (Lipinski definition) is 3. The van der Waals surface area contributed by atoms with Crippen molar-refractivity contribution in [2.75, 3.05) is 13.2 Å². The zero-order valence-corrected chi connectivity index (χ0v) is 19.3. The SMILES string of the molecule is CC.CCN=C(N=C(C)C12CC(C(C)(F)F)(C1)C2)[C@H]1CCO[C@@H](c2ccc(=O)[nH]c2)C1.[HH]. The standard InChI is InChI=1S/C22H29F2N3O2.C2H6.H2/c1-4-25-19(27-14(2)21-11-22(12-21,13-21)20(3,23)24)15-7-8-29-17(9-15)16-5-6-18(28)26-10-16;1-2;/h5-6,10,15,17H,4,7-9,11-13H2,1-3H3,(H,26,28);1-2H3;1H/t15-,17+,21?,22?;;/m0../s1. The van der Waals surface area contributed by atoms with Crippen LogP contribution in [0.5, 0.6) is 0 Å². The Balaban J connectivity index is 0.00000118. The molecule has 0 radical (unpaired) electrons. The number of alkyl halides is 2. The molecule has 3 saturated carbocycles. The molecule has 4 aliphatic rings. The summed E-state index contributed by atoms with van der Waals surface area (Å²) in [4.78, 5) is 23.6. The molecule has 5 rings (SSSR count). The number of aromatic nitrogens is 1. The number of aliphatic imine (C=N–C) groups is 2. The van der Waals surface area contributed by atoms with Gasteiger partial charge in [-0.2, -0.15) is 0 Å². The Morgan fingerprint density at radius 3 is 2.55 bits per heavy atom. The number of amidine groups is 1. The Bertz CT molecular complexity index is 867. The van der Waals surface area contributed by atoms with Crippen molar-refractivity contribution >= 4 is 11.5 Å². The van der Waals surface area contributed by atoms with Crippen molar-refractivity contribution in [1.82, 2.24) is 4.98 Å². The van der Waals surface area contributed by atoms with Crippen molar-refractivity contribution in [2.45, 2.75) is 78.7 Å². The molecule has 174 valence electrons.